The summed E-state index contributed by atoms with van der Waals surface area (Å²) < 4.78 is 0. The topological polar surface area (TPSA) is 78.7 Å². The van der Waals surface area contributed by atoms with Gasteiger partial charge in [0.05, 0.1) is 6.54 Å². The first kappa shape index (κ1) is 14.9. The van der Waals surface area contributed by atoms with Crippen molar-refractivity contribution in [2.24, 2.45) is 5.73 Å². The molecule has 0 aliphatic carbocycles. The van der Waals surface area contributed by atoms with E-state index < -0.39 is 11.9 Å². The lowest BCUT2D eigenvalue weighted by atomic mass is 10.1. The van der Waals surface area contributed by atoms with Gasteiger partial charge in [0.2, 0.25) is 11.8 Å². The number of primary amides is 1. The Morgan fingerprint density at radius 2 is 2.06 bits per heavy atom. The molecule has 0 spiro atoms. The van der Waals surface area contributed by atoms with E-state index in [0.717, 1.165) is 6.42 Å². The molecule has 0 unspecified atom stereocenters. The second-order valence-electron chi connectivity index (χ2n) is 5.87. The molecular formula is C12H24N4O2. The van der Waals surface area contributed by atoms with Crippen molar-refractivity contribution in [1.82, 2.24) is 15.3 Å². The number of likely N-dealkylation sites (tertiary alicyclic amines) is 1. The molecule has 104 valence electrons. The Balaban J connectivity index is 2.52. The van der Waals surface area contributed by atoms with Crippen LogP contribution in [0.4, 0.5) is 0 Å². The van der Waals surface area contributed by atoms with Crippen LogP contribution in [0.25, 0.3) is 0 Å². The number of carbonyl (C=O) groups is 2. The number of hydrogen-bond acceptors (Lipinski definition) is 4. The number of nitrogens with zero attached hydrogens (tertiary/aromatic N) is 2. The summed E-state index contributed by atoms with van der Waals surface area (Å²) in [6.45, 7) is 6.93. The van der Waals surface area contributed by atoms with Gasteiger partial charge in [-0.3, -0.25) is 9.59 Å². The third-order valence-corrected chi connectivity index (χ3v) is 2.80. The summed E-state index contributed by atoms with van der Waals surface area (Å²) in [5.74, 6) is -0.470. The molecule has 0 aromatic rings. The van der Waals surface area contributed by atoms with Crippen LogP contribution in [-0.2, 0) is 9.59 Å². The minimum atomic E-state index is -0.430. The van der Waals surface area contributed by atoms with Crippen LogP contribution >= 0.6 is 0 Å². The van der Waals surface area contributed by atoms with Crippen molar-refractivity contribution in [3.8, 4) is 0 Å². The number of likely N-dealkylation sites (N-methyl/N-ethyl adjacent to an activating group) is 1. The second-order valence-corrected chi connectivity index (χ2v) is 5.87. The number of hydrogen-bond donors (Lipinski definition) is 2. The summed E-state index contributed by atoms with van der Waals surface area (Å²) in [5, 5.41) is 1.75. The molecule has 0 radical (unpaired) electrons. The van der Waals surface area contributed by atoms with Crippen LogP contribution in [0, 0.1) is 0 Å². The van der Waals surface area contributed by atoms with Gasteiger partial charge in [-0.2, -0.15) is 0 Å². The molecule has 0 aromatic carbocycles. The maximum Gasteiger partial charge on any atom is 0.240 e. The van der Waals surface area contributed by atoms with E-state index in [1.54, 1.807) is 9.91 Å². The van der Waals surface area contributed by atoms with Crippen LogP contribution in [0.3, 0.4) is 0 Å². The second kappa shape index (κ2) is 5.67. The van der Waals surface area contributed by atoms with Gasteiger partial charge in [0.15, 0.2) is 0 Å². The highest BCUT2D eigenvalue weighted by Gasteiger charge is 2.32. The van der Waals surface area contributed by atoms with Gasteiger partial charge in [0.1, 0.15) is 6.04 Å². The Bertz CT molecular complexity index is 325. The molecule has 0 saturated carbocycles. The van der Waals surface area contributed by atoms with Crippen molar-refractivity contribution in [2.45, 2.75) is 45.2 Å². The van der Waals surface area contributed by atoms with Crippen LogP contribution in [0.15, 0.2) is 0 Å². The van der Waals surface area contributed by atoms with E-state index in [-0.39, 0.29) is 18.0 Å². The smallest absolute Gasteiger partial charge is 0.240 e. The number of carbonyl (C=O) groups excluding carboxylic acids is 2. The molecule has 1 aliphatic rings. The standard InChI is InChI=1S/C12H24N4O2/c1-12(2,3)14-15(4)8-10(17)16-7-5-6-9(16)11(13)18/h9,14H,5-8H2,1-4H3,(H2,13,18)/t9-/m0/s1. The molecule has 1 atom stereocenters. The number of nitrogens with one attached hydrogen (secondary N) is 1. The fraction of sp³-hybridized carbons (Fsp3) is 0.833. The van der Waals surface area contributed by atoms with Gasteiger partial charge < -0.3 is 10.6 Å². The van der Waals surface area contributed by atoms with E-state index in [0.29, 0.717) is 13.0 Å². The SMILES string of the molecule is CN(CC(=O)N1CCC[C@H]1C(N)=O)NC(C)(C)C. The lowest BCUT2D eigenvalue weighted by Crippen LogP contribution is -2.53. The fourth-order valence-corrected chi connectivity index (χ4v) is 2.27. The van der Waals surface area contributed by atoms with Crippen LogP contribution in [0.1, 0.15) is 33.6 Å². The fourth-order valence-electron chi connectivity index (χ4n) is 2.27. The minimum Gasteiger partial charge on any atom is -0.368 e. The summed E-state index contributed by atoms with van der Waals surface area (Å²) in [6.07, 6.45) is 1.52. The Kier molecular flexibility index (Phi) is 4.70. The molecule has 3 N–H and O–H groups in total. The Morgan fingerprint density at radius 1 is 1.44 bits per heavy atom. The van der Waals surface area contributed by atoms with Gasteiger partial charge >= 0.3 is 0 Å². The summed E-state index contributed by atoms with van der Waals surface area (Å²) in [4.78, 5) is 24.9. The van der Waals surface area contributed by atoms with Crippen molar-refractivity contribution in [3.05, 3.63) is 0 Å². The highest BCUT2D eigenvalue weighted by molar-refractivity contribution is 5.87. The van der Waals surface area contributed by atoms with Crippen LogP contribution < -0.4 is 11.2 Å². The highest BCUT2D eigenvalue weighted by Crippen LogP contribution is 2.17. The molecule has 1 fully saturated rings. The van der Waals surface area contributed by atoms with Crippen LogP contribution in [0.2, 0.25) is 0 Å². The van der Waals surface area contributed by atoms with Crippen molar-refractivity contribution in [1.29, 1.82) is 0 Å². The minimum absolute atomic E-state index is 0.0597. The molecular weight excluding hydrogens is 232 g/mol. The van der Waals surface area contributed by atoms with Gasteiger partial charge in [0, 0.05) is 19.1 Å². The predicted molar refractivity (Wildman–Crippen MR) is 69.4 cm³/mol. The number of nitrogens with two attached hydrogens (primary N) is 1. The molecule has 1 heterocycles. The predicted octanol–water partition coefficient (Wildman–Crippen LogP) is -0.302. The molecule has 18 heavy (non-hydrogen) atoms. The molecule has 0 bridgehead atoms. The van der Waals surface area contributed by atoms with E-state index in [4.69, 9.17) is 5.73 Å². The van der Waals surface area contributed by atoms with Gasteiger partial charge in [-0.25, -0.2) is 10.4 Å². The first-order valence-electron chi connectivity index (χ1n) is 6.28. The lowest BCUT2D eigenvalue weighted by Gasteiger charge is -2.30. The summed E-state index contributed by atoms with van der Waals surface area (Å²) in [6, 6.07) is -0.430. The van der Waals surface area contributed by atoms with Crippen LogP contribution in [-0.4, -0.2) is 53.4 Å². The molecule has 0 aromatic heterocycles. The normalized spacial score (nSPS) is 20.5. The van der Waals surface area contributed by atoms with Gasteiger partial charge in [0.25, 0.3) is 0 Å². The quantitative estimate of drug-likeness (QED) is 0.677. The molecule has 1 saturated heterocycles. The van der Waals surface area contributed by atoms with Crippen molar-refractivity contribution in [2.75, 3.05) is 20.1 Å². The average Bonchev–Trinajstić information content (AvgIpc) is 2.61. The van der Waals surface area contributed by atoms with Gasteiger partial charge in [-0.1, -0.05) is 0 Å². The maximum absolute atomic E-state index is 12.1. The number of hydrazine groups is 1. The zero-order chi connectivity index (χ0) is 13.9. The van der Waals surface area contributed by atoms with Crippen molar-refractivity contribution < 1.29 is 9.59 Å². The monoisotopic (exact) mass is 256 g/mol. The summed E-state index contributed by atoms with van der Waals surface area (Å²) in [5.41, 5.74) is 8.39. The lowest BCUT2D eigenvalue weighted by molar-refractivity contribution is -0.138. The van der Waals surface area contributed by atoms with E-state index in [2.05, 4.69) is 5.43 Å². The van der Waals surface area contributed by atoms with Crippen LogP contribution in [0.5, 0.6) is 0 Å². The van der Waals surface area contributed by atoms with Crippen molar-refractivity contribution >= 4 is 11.8 Å². The van der Waals surface area contributed by atoms with E-state index in [1.807, 2.05) is 27.8 Å². The molecule has 2 amide bonds. The molecule has 6 heteroatoms. The third kappa shape index (κ3) is 4.27. The van der Waals surface area contributed by atoms with Gasteiger partial charge in [-0.05, 0) is 33.6 Å². The van der Waals surface area contributed by atoms with Gasteiger partial charge in [-0.15, -0.1) is 0 Å². The van der Waals surface area contributed by atoms with Crippen molar-refractivity contribution in [3.63, 3.8) is 0 Å². The maximum atomic E-state index is 12.1. The average molecular weight is 256 g/mol. The summed E-state index contributed by atoms with van der Waals surface area (Å²) in [7, 11) is 1.82. The summed E-state index contributed by atoms with van der Waals surface area (Å²) >= 11 is 0. The first-order chi connectivity index (χ1) is 8.20. The Labute approximate surface area is 108 Å². The Morgan fingerprint density at radius 3 is 2.56 bits per heavy atom. The number of rotatable bonds is 4. The highest BCUT2D eigenvalue weighted by atomic mass is 16.2. The zero-order valence-corrected chi connectivity index (χ0v) is 11.7. The molecule has 1 rings (SSSR count). The van der Waals surface area contributed by atoms with E-state index in [9.17, 15) is 9.59 Å². The number of amides is 2. The molecule has 1 aliphatic heterocycles. The zero-order valence-electron chi connectivity index (χ0n) is 11.7. The van der Waals surface area contributed by atoms with E-state index in [1.165, 1.54) is 0 Å². The molecule has 6 nitrogen and oxygen atoms in total. The first-order valence-corrected chi connectivity index (χ1v) is 6.28. The largest absolute Gasteiger partial charge is 0.368 e. The third-order valence-electron chi connectivity index (χ3n) is 2.80. The van der Waals surface area contributed by atoms with E-state index >= 15 is 0 Å². The Hall–Kier alpha value is -1.14.